The average molecular weight is 331 g/mol. The third-order valence-electron chi connectivity index (χ3n) is 2.84. The number of carbonyl (C=O) groups is 1. The maximum atomic E-state index is 11.5. The highest BCUT2D eigenvalue weighted by Gasteiger charge is 2.21. The normalized spacial score (nSPS) is 14.3. The monoisotopic (exact) mass is 330 g/mol. The Labute approximate surface area is 135 Å². The summed E-state index contributed by atoms with van der Waals surface area (Å²) in [5.41, 5.74) is 5.87. The van der Waals surface area contributed by atoms with E-state index in [1.807, 2.05) is 0 Å². The minimum Gasteiger partial charge on any atom is -0.444 e. The molecular weight excluding hydrogens is 308 g/mol. The van der Waals surface area contributed by atoms with Crippen molar-refractivity contribution in [3.63, 3.8) is 0 Å². The first-order chi connectivity index (χ1) is 10.1. The van der Waals surface area contributed by atoms with Crippen molar-refractivity contribution in [2.24, 2.45) is 0 Å². The van der Waals surface area contributed by atoms with E-state index < -0.39 is 23.9 Å². The van der Waals surface area contributed by atoms with Crippen LogP contribution >= 0.6 is 11.6 Å². The molecule has 0 aliphatic heterocycles. The Morgan fingerprint density at radius 2 is 2.05 bits per heavy atom. The van der Waals surface area contributed by atoms with E-state index in [1.54, 1.807) is 32.9 Å². The zero-order chi connectivity index (χ0) is 16.9. The second kappa shape index (κ2) is 7.67. The predicted molar refractivity (Wildman–Crippen MR) is 85.7 cm³/mol. The molecule has 2 atom stereocenters. The van der Waals surface area contributed by atoms with Crippen LogP contribution in [0.15, 0.2) is 18.2 Å². The summed E-state index contributed by atoms with van der Waals surface area (Å²) in [5.74, 6) is 0. The summed E-state index contributed by atoms with van der Waals surface area (Å²) in [5, 5.41) is 23.0. The van der Waals surface area contributed by atoms with Gasteiger partial charge in [-0.1, -0.05) is 11.6 Å². The van der Waals surface area contributed by atoms with E-state index in [1.165, 1.54) is 6.07 Å². The molecule has 1 amide bonds. The fourth-order valence-electron chi connectivity index (χ4n) is 1.80. The maximum absolute atomic E-state index is 11.5. The van der Waals surface area contributed by atoms with Crippen molar-refractivity contribution in [1.29, 1.82) is 0 Å². The highest BCUT2D eigenvalue weighted by Crippen LogP contribution is 2.27. The van der Waals surface area contributed by atoms with Gasteiger partial charge in [-0.25, -0.2) is 4.79 Å². The number of ether oxygens (including phenoxy) is 1. The topological polar surface area (TPSA) is 105 Å². The number of nitrogens with two attached hydrogens (primary N) is 1. The number of anilines is 1. The third kappa shape index (κ3) is 6.09. The highest BCUT2D eigenvalue weighted by atomic mass is 35.5. The Hall–Kier alpha value is -1.50. The number of aliphatic hydroxyl groups excluding tert-OH is 2. The predicted octanol–water partition coefficient (Wildman–Crippen LogP) is 2.23. The molecule has 0 heterocycles. The number of hydrogen-bond acceptors (Lipinski definition) is 5. The number of aliphatic hydroxyl groups is 2. The van der Waals surface area contributed by atoms with E-state index in [9.17, 15) is 15.0 Å². The molecule has 1 aromatic rings. The van der Waals surface area contributed by atoms with Crippen LogP contribution in [0.1, 0.15) is 38.9 Å². The van der Waals surface area contributed by atoms with Crippen molar-refractivity contribution >= 4 is 23.4 Å². The minimum absolute atomic E-state index is 0.145. The molecule has 0 saturated heterocycles. The van der Waals surface area contributed by atoms with Crippen LogP contribution in [0, 0.1) is 0 Å². The fraction of sp³-hybridized carbons (Fsp3) is 0.533. The molecule has 0 aromatic heterocycles. The zero-order valence-corrected chi connectivity index (χ0v) is 13.7. The lowest BCUT2D eigenvalue weighted by molar-refractivity contribution is 0.0127. The number of halogens is 1. The largest absolute Gasteiger partial charge is 0.444 e. The first kappa shape index (κ1) is 18.5. The van der Waals surface area contributed by atoms with Crippen molar-refractivity contribution in [3.05, 3.63) is 28.8 Å². The highest BCUT2D eigenvalue weighted by molar-refractivity contribution is 6.30. The van der Waals surface area contributed by atoms with Crippen molar-refractivity contribution in [2.75, 3.05) is 12.3 Å². The SMILES string of the molecule is CC(C)(C)OC(=O)NCCC(O)C(O)c1cc(Cl)ccc1N. The summed E-state index contributed by atoms with van der Waals surface area (Å²) < 4.78 is 5.07. The molecule has 124 valence electrons. The van der Waals surface area contributed by atoms with E-state index in [0.717, 1.165) is 0 Å². The zero-order valence-electron chi connectivity index (χ0n) is 13.0. The quantitative estimate of drug-likeness (QED) is 0.620. The van der Waals surface area contributed by atoms with Crippen LogP contribution in [-0.2, 0) is 4.74 Å². The molecule has 2 unspecified atom stereocenters. The molecule has 22 heavy (non-hydrogen) atoms. The lowest BCUT2D eigenvalue weighted by Gasteiger charge is -2.22. The molecule has 0 saturated carbocycles. The van der Waals surface area contributed by atoms with Crippen LogP contribution in [-0.4, -0.2) is 34.6 Å². The smallest absolute Gasteiger partial charge is 0.407 e. The molecule has 0 aliphatic carbocycles. The number of nitrogens with one attached hydrogen (secondary N) is 1. The first-order valence-electron chi connectivity index (χ1n) is 6.98. The Bertz CT molecular complexity index is 517. The molecule has 7 heteroatoms. The molecule has 0 fully saturated rings. The first-order valence-corrected chi connectivity index (χ1v) is 7.36. The summed E-state index contributed by atoms with van der Waals surface area (Å²) >= 11 is 5.85. The molecular formula is C15H23ClN2O4. The van der Waals surface area contributed by atoms with E-state index in [2.05, 4.69) is 5.32 Å². The number of rotatable bonds is 5. The van der Waals surface area contributed by atoms with Crippen LogP contribution in [0.4, 0.5) is 10.5 Å². The van der Waals surface area contributed by atoms with Crippen LogP contribution < -0.4 is 11.1 Å². The summed E-state index contributed by atoms with van der Waals surface area (Å²) in [4.78, 5) is 11.5. The number of carbonyl (C=O) groups excluding carboxylic acids is 1. The molecule has 1 rings (SSSR count). The standard InChI is InChI=1S/C15H23ClN2O4/c1-15(2,3)22-14(21)18-7-6-12(19)13(20)10-8-9(16)4-5-11(10)17/h4-5,8,12-13,19-20H,6-7,17H2,1-3H3,(H,18,21). The molecule has 0 radical (unpaired) electrons. The van der Waals surface area contributed by atoms with Gasteiger partial charge >= 0.3 is 6.09 Å². The van der Waals surface area contributed by atoms with Crippen LogP contribution in [0.25, 0.3) is 0 Å². The Morgan fingerprint density at radius 1 is 1.41 bits per heavy atom. The van der Waals surface area contributed by atoms with Gasteiger partial charge in [-0.2, -0.15) is 0 Å². The van der Waals surface area contributed by atoms with Gasteiger partial charge < -0.3 is 26.0 Å². The number of hydrogen-bond donors (Lipinski definition) is 4. The molecule has 1 aromatic carbocycles. The minimum atomic E-state index is -1.18. The second-order valence-electron chi connectivity index (χ2n) is 6.00. The van der Waals surface area contributed by atoms with Gasteiger partial charge in [-0.15, -0.1) is 0 Å². The molecule has 0 aliphatic rings. The third-order valence-corrected chi connectivity index (χ3v) is 3.08. The van der Waals surface area contributed by atoms with E-state index in [-0.39, 0.29) is 13.0 Å². The second-order valence-corrected chi connectivity index (χ2v) is 6.44. The van der Waals surface area contributed by atoms with Gasteiger partial charge in [0.05, 0.1) is 6.10 Å². The van der Waals surface area contributed by atoms with Crippen molar-refractivity contribution in [2.45, 2.75) is 45.0 Å². The van der Waals surface area contributed by atoms with Crippen LogP contribution in [0.3, 0.4) is 0 Å². The van der Waals surface area contributed by atoms with Crippen molar-refractivity contribution in [3.8, 4) is 0 Å². The molecule has 0 bridgehead atoms. The number of alkyl carbamates (subject to hydrolysis) is 1. The Morgan fingerprint density at radius 3 is 2.64 bits per heavy atom. The van der Waals surface area contributed by atoms with Gasteiger partial charge in [0.15, 0.2) is 0 Å². The molecule has 6 nitrogen and oxygen atoms in total. The molecule has 5 N–H and O–H groups in total. The van der Waals surface area contributed by atoms with Gasteiger partial charge in [-0.3, -0.25) is 0 Å². The Kier molecular flexibility index (Phi) is 6.47. The van der Waals surface area contributed by atoms with Gasteiger partial charge in [0.1, 0.15) is 11.7 Å². The van der Waals surface area contributed by atoms with Crippen molar-refractivity contribution in [1.82, 2.24) is 5.32 Å². The van der Waals surface area contributed by atoms with Crippen LogP contribution in [0.2, 0.25) is 5.02 Å². The maximum Gasteiger partial charge on any atom is 0.407 e. The fourth-order valence-corrected chi connectivity index (χ4v) is 1.98. The van der Waals surface area contributed by atoms with E-state index >= 15 is 0 Å². The number of amides is 1. The number of benzene rings is 1. The molecule has 0 spiro atoms. The van der Waals surface area contributed by atoms with Crippen LogP contribution in [0.5, 0.6) is 0 Å². The van der Waals surface area contributed by atoms with E-state index in [4.69, 9.17) is 22.1 Å². The van der Waals surface area contributed by atoms with Gasteiger partial charge in [0.25, 0.3) is 0 Å². The van der Waals surface area contributed by atoms with Crippen molar-refractivity contribution < 1.29 is 19.7 Å². The summed E-state index contributed by atoms with van der Waals surface area (Å²) in [6.07, 6.45) is -2.70. The van der Waals surface area contributed by atoms with Gasteiger partial charge in [-0.05, 0) is 45.4 Å². The summed E-state index contributed by atoms with van der Waals surface area (Å²) in [6.45, 7) is 5.43. The van der Waals surface area contributed by atoms with Gasteiger partial charge in [0.2, 0.25) is 0 Å². The average Bonchev–Trinajstić information content (AvgIpc) is 2.38. The Balaban J connectivity index is 2.50. The summed E-state index contributed by atoms with van der Waals surface area (Å²) in [6, 6.07) is 4.67. The van der Waals surface area contributed by atoms with Gasteiger partial charge in [0, 0.05) is 22.8 Å². The number of nitrogen functional groups attached to an aromatic ring is 1. The summed E-state index contributed by atoms with van der Waals surface area (Å²) in [7, 11) is 0. The lowest BCUT2D eigenvalue weighted by Crippen LogP contribution is -2.34. The lowest BCUT2D eigenvalue weighted by atomic mass is 10.0. The van der Waals surface area contributed by atoms with E-state index in [0.29, 0.717) is 16.3 Å².